The first-order valence-electron chi connectivity index (χ1n) is 5.36. The van der Waals surface area contributed by atoms with Crippen LogP contribution in [0, 0.1) is 13.8 Å². The van der Waals surface area contributed by atoms with E-state index in [4.69, 9.17) is 5.11 Å². The molecule has 86 valence electrons. The number of hydrogen-bond acceptors (Lipinski definition) is 2. The Balaban J connectivity index is 2.68. The van der Waals surface area contributed by atoms with Gasteiger partial charge in [0.1, 0.15) is 0 Å². The summed E-state index contributed by atoms with van der Waals surface area (Å²) < 4.78 is 0. The zero-order valence-corrected chi connectivity index (χ0v) is 9.77. The number of aliphatic carboxylic acids is 1. The van der Waals surface area contributed by atoms with Crippen LogP contribution in [0.15, 0.2) is 30.3 Å². The van der Waals surface area contributed by atoms with E-state index in [-0.39, 0.29) is 0 Å². The second-order valence-electron chi connectivity index (χ2n) is 4.00. The summed E-state index contributed by atoms with van der Waals surface area (Å²) in [7, 11) is 0. The molecule has 0 aliphatic rings. The van der Waals surface area contributed by atoms with Crippen LogP contribution >= 0.6 is 0 Å². The van der Waals surface area contributed by atoms with Crippen molar-refractivity contribution in [1.82, 2.24) is 4.98 Å². The quantitative estimate of drug-likeness (QED) is 0.802. The maximum Gasteiger partial charge on any atom is 0.328 e. The monoisotopic (exact) mass is 227 g/mol. The Morgan fingerprint density at radius 3 is 2.82 bits per heavy atom. The molecule has 17 heavy (non-hydrogen) atoms. The lowest BCUT2D eigenvalue weighted by Crippen LogP contribution is -1.91. The molecule has 2 rings (SSSR count). The van der Waals surface area contributed by atoms with Crippen molar-refractivity contribution in [3.05, 3.63) is 47.2 Å². The van der Waals surface area contributed by atoms with E-state index in [1.54, 1.807) is 6.08 Å². The van der Waals surface area contributed by atoms with Crippen molar-refractivity contribution in [2.45, 2.75) is 13.8 Å². The number of aryl methyl sites for hydroxylation is 2. The highest BCUT2D eigenvalue weighted by atomic mass is 16.4. The van der Waals surface area contributed by atoms with Crippen molar-refractivity contribution in [1.29, 1.82) is 0 Å². The van der Waals surface area contributed by atoms with Gasteiger partial charge in [0.05, 0.1) is 5.52 Å². The summed E-state index contributed by atoms with van der Waals surface area (Å²) in [4.78, 5) is 15.0. The number of pyridine rings is 1. The number of aromatic nitrogens is 1. The van der Waals surface area contributed by atoms with Gasteiger partial charge in [0.25, 0.3) is 0 Å². The minimum absolute atomic E-state index is 0.830. The van der Waals surface area contributed by atoms with Crippen molar-refractivity contribution < 1.29 is 9.90 Å². The van der Waals surface area contributed by atoms with Gasteiger partial charge in [0.15, 0.2) is 0 Å². The zero-order valence-electron chi connectivity index (χ0n) is 9.77. The number of hydrogen-bond donors (Lipinski definition) is 1. The summed E-state index contributed by atoms with van der Waals surface area (Å²) in [5.41, 5.74) is 3.77. The summed E-state index contributed by atoms with van der Waals surface area (Å²) in [6, 6.07) is 7.80. The van der Waals surface area contributed by atoms with Crippen LogP contribution in [-0.2, 0) is 4.79 Å². The number of fused-ring (bicyclic) bond motifs is 1. The third-order valence-corrected chi connectivity index (χ3v) is 2.61. The van der Waals surface area contributed by atoms with Crippen LogP contribution in [0.4, 0.5) is 0 Å². The van der Waals surface area contributed by atoms with E-state index >= 15 is 0 Å². The summed E-state index contributed by atoms with van der Waals surface area (Å²) in [6.45, 7) is 3.96. The molecule has 0 spiro atoms. The number of carbonyl (C=O) groups is 1. The summed E-state index contributed by atoms with van der Waals surface area (Å²) in [5, 5.41) is 9.71. The lowest BCUT2D eigenvalue weighted by molar-refractivity contribution is -0.131. The molecule has 0 saturated carbocycles. The molecule has 0 unspecified atom stereocenters. The number of benzene rings is 1. The Morgan fingerprint density at radius 2 is 2.12 bits per heavy atom. The standard InChI is InChI=1S/C14H13NO2/c1-9-8-10(2)15-14-11(6-7-13(16)17)4-3-5-12(9)14/h3-8H,1-2H3,(H,16,17)/b7-6+. The minimum Gasteiger partial charge on any atom is -0.478 e. The van der Waals surface area contributed by atoms with Gasteiger partial charge in [0.2, 0.25) is 0 Å². The second-order valence-corrected chi connectivity index (χ2v) is 4.00. The Labute approximate surface area is 99.4 Å². The van der Waals surface area contributed by atoms with E-state index in [9.17, 15) is 4.79 Å². The fourth-order valence-electron chi connectivity index (χ4n) is 1.90. The van der Waals surface area contributed by atoms with Gasteiger partial charge in [-0.25, -0.2) is 4.79 Å². The van der Waals surface area contributed by atoms with Crippen molar-refractivity contribution in [3.8, 4) is 0 Å². The molecule has 0 fully saturated rings. The molecule has 0 bridgehead atoms. The Kier molecular flexibility index (Phi) is 2.91. The van der Waals surface area contributed by atoms with Gasteiger partial charge < -0.3 is 5.11 Å². The highest BCUT2D eigenvalue weighted by Crippen LogP contribution is 2.22. The first-order chi connectivity index (χ1) is 8.08. The fourth-order valence-corrected chi connectivity index (χ4v) is 1.90. The maximum absolute atomic E-state index is 10.5. The summed E-state index contributed by atoms with van der Waals surface area (Å²) in [6.07, 6.45) is 2.71. The first-order valence-corrected chi connectivity index (χ1v) is 5.36. The lowest BCUT2D eigenvalue weighted by Gasteiger charge is -2.06. The molecular formula is C14H13NO2. The van der Waals surface area contributed by atoms with E-state index in [2.05, 4.69) is 4.98 Å². The minimum atomic E-state index is -0.952. The number of nitrogens with zero attached hydrogens (tertiary/aromatic N) is 1. The summed E-state index contributed by atoms with van der Waals surface area (Å²) >= 11 is 0. The maximum atomic E-state index is 10.5. The van der Waals surface area contributed by atoms with E-state index in [1.807, 2.05) is 38.1 Å². The van der Waals surface area contributed by atoms with E-state index in [0.29, 0.717) is 0 Å². The zero-order chi connectivity index (χ0) is 12.4. The van der Waals surface area contributed by atoms with Crippen LogP contribution in [0.3, 0.4) is 0 Å². The predicted octanol–water partition coefficient (Wildman–Crippen LogP) is 2.95. The first kappa shape index (κ1) is 11.3. The van der Waals surface area contributed by atoms with Crippen molar-refractivity contribution in [2.75, 3.05) is 0 Å². The summed E-state index contributed by atoms with van der Waals surface area (Å²) in [5.74, 6) is -0.952. The third kappa shape index (κ3) is 2.33. The van der Waals surface area contributed by atoms with Crippen LogP contribution in [-0.4, -0.2) is 16.1 Å². The SMILES string of the molecule is Cc1cc(C)c2cccc(/C=C/C(=O)O)c2n1. The Morgan fingerprint density at radius 1 is 1.35 bits per heavy atom. The van der Waals surface area contributed by atoms with Gasteiger partial charge in [0, 0.05) is 22.7 Å². The number of carboxylic acid groups (broad SMARTS) is 1. The fraction of sp³-hybridized carbons (Fsp3) is 0.143. The molecule has 3 nitrogen and oxygen atoms in total. The molecule has 0 aliphatic heterocycles. The molecule has 2 aromatic rings. The van der Waals surface area contributed by atoms with Gasteiger partial charge in [-0.1, -0.05) is 18.2 Å². The molecule has 1 aromatic carbocycles. The molecule has 1 aromatic heterocycles. The molecular weight excluding hydrogens is 214 g/mol. The van der Waals surface area contributed by atoms with E-state index < -0.39 is 5.97 Å². The van der Waals surface area contributed by atoms with Gasteiger partial charge >= 0.3 is 5.97 Å². The van der Waals surface area contributed by atoms with Crippen LogP contribution in [0.1, 0.15) is 16.8 Å². The number of para-hydroxylation sites is 1. The third-order valence-electron chi connectivity index (χ3n) is 2.61. The number of rotatable bonds is 2. The van der Waals surface area contributed by atoms with Gasteiger partial charge in [-0.05, 0) is 31.6 Å². The molecule has 3 heteroatoms. The lowest BCUT2D eigenvalue weighted by atomic mass is 10.0. The van der Waals surface area contributed by atoms with Crippen LogP contribution in [0.2, 0.25) is 0 Å². The molecule has 0 amide bonds. The average molecular weight is 227 g/mol. The number of carboxylic acids is 1. The van der Waals surface area contributed by atoms with Crippen molar-refractivity contribution in [2.24, 2.45) is 0 Å². The van der Waals surface area contributed by atoms with Crippen LogP contribution < -0.4 is 0 Å². The van der Waals surface area contributed by atoms with Gasteiger partial charge in [-0.3, -0.25) is 4.98 Å². The van der Waals surface area contributed by atoms with Crippen LogP contribution in [0.5, 0.6) is 0 Å². The molecule has 1 N–H and O–H groups in total. The topological polar surface area (TPSA) is 50.2 Å². The molecule has 0 saturated heterocycles. The Hall–Kier alpha value is -2.16. The smallest absolute Gasteiger partial charge is 0.328 e. The highest BCUT2D eigenvalue weighted by molar-refractivity contribution is 5.93. The largest absolute Gasteiger partial charge is 0.478 e. The highest BCUT2D eigenvalue weighted by Gasteiger charge is 2.03. The molecule has 0 atom stereocenters. The molecule has 0 aliphatic carbocycles. The van der Waals surface area contributed by atoms with Gasteiger partial charge in [-0.2, -0.15) is 0 Å². The van der Waals surface area contributed by atoms with Crippen molar-refractivity contribution >= 4 is 22.9 Å². The van der Waals surface area contributed by atoms with Gasteiger partial charge in [-0.15, -0.1) is 0 Å². The predicted molar refractivity (Wildman–Crippen MR) is 67.9 cm³/mol. The van der Waals surface area contributed by atoms with Crippen LogP contribution in [0.25, 0.3) is 17.0 Å². The van der Waals surface area contributed by atoms with Crippen molar-refractivity contribution in [3.63, 3.8) is 0 Å². The molecule has 0 radical (unpaired) electrons. The molecule has 1 heterocycles. The Bertz CT molecular complexity index is 615. The van der Waals surface area contributed by atoms with E-state index in [0.717, 1.165) is 33.8 Å². The second kappa shape index (κ2) is 4.37. The van der Waals surface area contributed by atoms with E-state index in [1.165, 1.54) is 0 Å². The normalized spacial score (nSPS) is 11.2. The average Bonchev–Trinajstić information content (AvgIpc) is 2.26.